The lowest BCUT2D eigenvalue weighted by Gasteiger charge is -2.50. The van der Waals surface area contributed by atoms with Gasteiger partial charge in [0.1, 0.15) is 30.2 Å². The molecule has 2 aromatic heterocycles. The minimum absolute atomic E-state index is 0.0593. The van der Waals surface area contributed by atoms with Crippen LogP contribution in [0, 0.1) is 11.3 Å². The van der Waals surface area contributed by atoms with E-state index in [4.69, 9.17) is 11.0 Å². The number of aromatic nitrogens is 3. The van der Waals surface area contributed by atoms with E-state index in [2.05, 4.69) is 24.7 Å². The van der Waals surface area contributed by atoms with E-state index in [1.807, 2.05) is 6.07 Å². The minimum atomic E-state index is -1.50. The number of carboxylic acids is 1. The predicted molar refractivity (Wildman–Crippen MR) is 116 cm³/mol. The van der Waals surface area contributed by atoms with Crippen LogP contribution in [0.3, 0.4) is 0 Å². The molecule has 34 heavy (non-hydrogen) atoms. The Balaban J connectivity index is 1.54. The summed E-state index contributed by atoms with van der Waals surface area (Å²) in [5.74, 6) is -2.67. The Kier molecular flexibility index (Phi) is 6.43. The van der Waals surface area contributed by atoms with Crippen molar-refractivity contribution in [3.63, 3.8) is 0 Å². The van der Waals surface area contributed by atoms with E-state index >= 15 is 0 Å². The first-order valence-corrected chi connectivity index (χ1v) is 11.4. The van der Waals surface area contributed by atoms with Crippen molar-refractivity contribution in [1.82, 2.24) is 19.6 Å². The second-order valence-corrected chi connectivity index (χ2v) is 8.94. The number of nitriles is 1. The number of nitrogens with two attached hydrogens (primary N) is 1. The van der Waals surface area contributed by atoms with Gasteiger partial charge in [-0.3, -0.25) is 14.5 Å². The number of hydrogen-bond donors (Lipinski definition) is 2. The Labute approximate surface area is 200 Å². The van der Waals surface area contributed by atoms with Gasteiger partial charge in [0.25, 0.3) is 11.8 Å². The Hall–Kier alpha value is -4.03. The van der Waals surface area contributed by atoms with E-state index in [1.165, 1.54) is 18.9 Å². The lowest BCUT2D eigenvalue weighted by atomic mass is 10.0. The number of nitrogens with zero attached hydrogens (tertiary/aromatic N) is 6. The molecule has 0 saturated carbocycles. The number of rotatable bonds is 7. The zero-order valence-electron chi connectivity index (χ0n) is 17.5. The van der Waals surface area contributed by atoms with Crippen LogP contribution in [0.4, 0.5) is 5.13 Å². The number of β-lactam (4-membered cyclic amide) rings is 1. The first-order valence-electron chi connectivity index (χ1n) is 9.62. The third-order valence-corrected chi connectivity index (χ3v) is 6.82. The Morgan fingerprint density at radius 3 is 2.97 bits per heavy atom. The highest BCUT2D eigenvalue weighted by atomic mass is 32.2. The van der Waals surface area contributed by atoms with Crippen molar-refractivity contribution in [3.8, 4) is 6.07 Å². The molecule has 2 amide bonds. The zero-order valence-corrected chi connectivity index (χ0v) is 19.1. The molecule has 2 aliphatic heterocycles. The van der Waals surface area contributed by atoms with Crippen LogP contribution in [0.15, 0.2) is 41.0 Å². The maximum atomic E-state index is 12.9. The second-order valence-electron chi connectivity index (χ2n) is 7.06. The second kappa shape index (κ2) is 9.45. The van der Waals surface area contributed by atoms with Gasteiger partial charge in [0, 0.05) is 28.9 Å². The maximum absolute atomic E-state index is 12.9. The van der Waals surface area contributed by atoms with Crippen LogP contribution < -0.4 is 20.7 Å². The van der Waals surface area contributed by atoms with Gasteiger partial charge in [0.05, 0.1) is 11.7 Å². The fraction of sp³-hybridized carbons (Fsp3) is 0.263. The van der Waals surface area contributed by atoms with Gasteiger partial charge < -0.3 is 25.8 Å². The molecule has 15 heteroatoms. The van der Waals surface area contributed by atoms with Crippen LogP contribution in [0.5, 0.6) is 0 Å². The highest BCUT2D eigenvalue weighted by Crippen LogP contribution is 2.40. The number of fused-ring (bicyclic) bond motifs is 1. The van der Waals surface area contributed by atoms with Gasteiger partial charge in [-0.1, -0.05) is 5.16 Å². The quantitative estimate of drug-likeness (QED) is 0.181. The maximum Gasteiger partial charge on any atom is 0.278 e. The molecule has 0 unspecified atom stereocenters. The Morgan fingerprint density at radius 1 is 1.53 bits per heavy atom. The lowest BCUT2D eigenvalue weighted by Crippen LogP contribution is -2.71. The highest BCUT2D eigenvalue weighted by Gasteiger charge is 2.53. The van der Waals surface area contributed by atoms with Gasteiger partial charge in [-0.25, -0.2) is 0 Å². The normalized spacial score (nSPS) is 19.7. The molecule has 1 fully saturated rings. The van der Waals surface area contributed by atoms with Gasteiger partial charge in [-0.15, -0.1) is 11.8 Å². The number of carbonyl (C=O) groups is 3. The molecule has 0 aromatic carbocycles. The molecular formula is C19H16N8O5S2. The molecule has 0 bridgehead atoms. The molecule has 0 spiro atoms. The van der Waals surface area contributed by atoms with E-state index in [0.29, 0.717) is 11.1 Å². The average Bonchev–Trinajstić information content (AvgIpc) is 3.26. The van der Waals surface area contributed by atoms with Crippen LogP contribution in [0.1, 0.15) is 11.4 Å². The molecule has 1 saturated heterocycles. The van der Waals surface area contributed by atoms with E-state index in [1.54, 1.807) is 29.1 Å². The number of hydrogen-bond acceptors (Lipinski definition) is 12. The summed E-state index contributed by atoms with van der Waals surface area (Å²) in [4.78, 5) is 47.3. The zero-order chi connectivity index (χ0) is 24.4. The fourth-order valence-corrected chi connectivity index (χ4v) is 5.29. The molecule has 174 valence electrons. The van der Waals surface area contributed by atoms with Crippen LogP contribution in [-0.4, -0.2) is 62.0 Å². The van der Waals surface area contributed by atoms with Gasteiger partial charge in [0.2, 0.25) is 11.5 Å². The summed E-state index contributed by atoms with van der Waals surface area (Å²) in [5, 5.41) is 26.6. The van der Waals surface area contributed by atoms with Gasteiger partial charge in [-0.05, 0) is 6.07 Å². The summed E-state index contributed by atoms with van der Waals surface area (Å²) in [7, 11) is 1.24. The smallest absolute Gasteiger partial charge is 0.278 e. The van der Waals surface area contributed by atoms with Gasteiger partial charge in [0.15, 0.2) is 24.1 Å². The topological polar surface area (TPSA) is 191 Å². The third-order valence-electron chi connectivity index (χ3n) is 4.94. The number of oxime groups is 1. The molecule has 4 rings (SSSR count). The number of aliphatic carboxylic acids is 1. The molecule has 2 aliphatic rings. The molecule has 2 atom stereocenters. The number of thioether (sulfide) groups is 1. The Bertz CT molecular complexity index is 1280. The third kappa shape index (κ3) is 4.28. The molecule has 2 aromatic rings. The van der Waals surface area contributed by atoms with Crippen molar-refractivity contribution in [1.29, 1.82) is 5.26 Å². The SMILES string of the molecule is CO/N=C(\C(=O)N[C@@H]1C(=O)N2C(C(=O)[O-])=C(C[n+]3cccc(C#N)c3)CS[C@@H]12)c1nsc(N)n1. The van der Waals surface area contributed by atoms with E-state index in [-0.39, 0.29) is 34.7 Å². The van der Waals surface area contributed by atoms with Crippen molar-refractivity contribution < 1.29 is 28.9 Å². The van der Waals surface area contributed by atoms with Crippen LogP contribution in [0.25, 0.3) is 0 Å². The van der Waals surface area contributed by atoms with Crippen molar-refractivity contribution in [2.45, 2.75) is 18.0 Å². The Morgan fingerprint density at radius 2 is 2.32 bits per heavy atom. The number of nitrogens with one attached hydrogen (secondary N) is 1. The summed E-state index contributed by atoms with van der Waals surface area (Å²) < 4.78 is 5.58. The van der Waals surface area contributed by atoms with Crippen molar-refractivity contribution >= 4 is 51.9 Å². The first kappa shape index (κ1) is 23.1. The molecule has 3 N–H and O–H groups in total. The summed E-state index contributed by atoms with van der Waals surface area (Å²) in [5.41, 5.74) is 5.90. The molecular weight excluding hydrogens is 484 g/mol. The number of amides is 2. The van der Waals surface area contributed by atoms with E-state index in [9.17, 15) is 19.5 Å². The summed E-state index contributed by atoms with van der Waals surface area (Å²) in [6.45, 7) is 0.154. The van der Waals surface area contributed by atoms with Crippen molar-refractivity contribution in [3.05, 3.63) is 47.2 Å². The van der Waals surface area contributed by atoms with Gasteiger partial charge in [-0.2, -0.15) is 19.2 Å². The van der Waals surface area contributed by atoms with E-state index in [0.717, 1.165) is 16.4 Å². The first-order chi connectivity index (χ1) is 16.3. The monoisotopic (exact) mass is 500 g/mol. The minimum Gasteiger partial charge on any atom is -0.543 e. The number of nitrogen functional groups attached to an aromatic ring is 1. The van der Waals surface area contributed by atoms with E-state index < -0.39 is 29.2 Å². The molecule has 4 heterocycles. The number of carbonyl (C=O) groups excluding carboxylic acids is 3. The highest BCUT2D eigenvalue weighted by molar-refractivity contribution is 8.00. The van der Waals surface area contributed by atoms with Crippen LogP contribution >= 0.6 is 23.3 Å². The summed E-state index contributed by atoms with van der Waals surface area (Å²) >= 11 is 2.16. The van der Waals surface area contributed by atoms with Crippen molar-refractivity contribution in [2.24, 2.45) is 5.16 Å². The lowest BCUT2D eigenvalue weighted by molar-refractivity contribution is -0.689. The van der Waals surface area contributed by atoms with Crippen LogP contribution in [-0.2, 0) is 25.8 Å². The summed E-state index contributed by atoms with van der Waals surface area (Å²) in [6, 6.07) is 4.31. The molecule has 0 radical (unpaired) electrons. The van der Waals surface area contributed by atoms with Crippen LogP contribution in [0.2, 0.25) is 0 Å². The largest absolute Gasteiger partial charge is 0.543 e. The van der Waals surface area contributed by atoms with Gasteiger partial charge >= 0.3 is 0 Å². The fourth-order valence-electron chi connectivity index (χ4n) is 3.52. The standard InChI is InChI=1S/C19H16N8O5S2/c1-32-24-11(14-23-19(21)34-25-14)15(28)22-12-16(29)27-13(18(30)31)10(8-33-17(12)27)7-26-4-2-3-9(5-20)6-26/h2-4,6,12,17H,7-8H2,1H3,(H3-,21,22,23,25,28,30,31)/b24-11-/t12-,17+/m1/s1. The number of carboxylic acid groups (broad SMARTS) is 1. The summed E-state index contributed by atoms with van der Waals surface area (Å²) in [6.07, 6.45) is 3.27. The molecule has 13 nitrogen and oxygen atoms in total. The number of pyridine rings is 1. The number of anilines is 1. The predicted octanol–water partition coefficient (Wildman–Crippen LogP) is -2.27. The molecule has 0 aliphatic carbocycles. The average molecular weight is 501 g/mol. The van der Waals surface area contributed by atoms with Crippen molar-refractivity contribution in [2.75, 3.05) is 18.6 Å².